The molecule has 0 fully saturated rings. The lowest BCUT2D eigenvalue weighted by Crippen LogP contribution is -1.96. The van der Waals surface area contributed by atoms with Gasteiger partial charge in [-0.3, -0.25) is 0 Å². The Labute approximate surface area is 128 Å². The van der Waals surface area contributed by atoms with E-state index >= 15 is 0 Å². The van der Waals surface area contributed by atoms with Gasteiger partial charge in [-0.25, -0.2) is 4.79 Å². The molecule has 0 radical (unpaired) electrons. The van der Waals surface area contributed by atoms with Crippen LogP contribution in [0, 0.1) is 0 Å². The van der Waals surface area contributed by atoms with Crippen molar-refractivity contribution >= 4 is 11.0 Å². The van der Waals surface area contributed by atoms with Gasteiger partial charge in [0.25, 0.3) is 0 Å². The van der Waals surface area contributed by atoms with Crippen LogP contribution in [0.2, 0.25) is 0 Å². The Hall–Kier alpha value is -2.59. The minimum Gasteiger partial charge on any atom is -0.502 e. The highest BCUT2D eigenvalue weighted by molar-refractivity contribution is 5.77. The lowest BCUT2D eigenvalue weighted by Gasteiger charge is -1.96. The summed E-state index contributed by atoms with van der Waals surface area (Å²) in [6.45, 7) is 0.287. The number of rotatable bonds is 3. The van der Waals surface area contributed by atoms with E-state index in [1.807, 2.05) is 24.3 Å². The normalized spacial score (nSPS) is 10.0. The first-order valence-electron chi connectivity index (χ1n) is 7.07. The molecule has 0 aliphatic rings. The maximum atomic E-state index is 10.8. The number of aliphatic hydroxyl groups is 1. The molecule has 4 heteroatoms. The zero-order chi connectivity index (χ0) is 15.8. The maximum Gasteiger partial charge on any atom is 0.378 e. The summed E-state index contributed by atoms with van der Waals surface area (Å²) in [4.78, 5) is 10.8. The number of aryl methyl sites for hydroxylation is 1. The summed E-state index contributed by atoms with van der Waals surface area (Å²) in [5.74, 6) is -0.353. The van der Waals surface area contributed by atoms with Gasteiger partial charge in [0, 0.05) is 12.0 Å². The Morgan fingerprint density at radius 3 is 2.36 bits per heavy atom. The topological polar surface area (TPSA) is 70.7 Å². The first-order chi connectivity index (χ1) is 10.7. The van der Waals surface area contributed by atoms with Crippen LogP contribution in [-0.4, -0.2) is 16.8 Å². The van der Waals surface area contributed by atoms with Crippen LogP contribution < -0.4 is 5.63 Å². The van der Waals surface area contributed by atoms with E-state index < -0.39 is 5.63 Å². The molecule has 0 atom stereocenters. The first kappa shape index (κ1) is 15.8. The summed E-state index contributed by atoms with van der Waals surface area (Å²) in [6.07, 6.45) is 1.85. The molecule has 22 heavy (non-hydrogen) atoms. The molecule has 1 aromatic heterocycles. The van der Waals surface area contributed by atoms with Crippen molar-refractivity contribution in [3.63, 3.8) is 0 Å². The number of hydrogen-bond acceptors (Lipinski definition) is 4. The van der Waals surface area contributed by atoms with Crippen LogP contribution in [0.1, 0.15) is 12.0 Å². The van der Waals surface area contributed by atoms with Gasteiger partial charge < -0.3 is 14.6 Å². The van der Waals surface area contributed by atoms with Gasteiger partial charge in [0.15, 0.2) is 0 Å². The van der Waals surface area contributed by atoms with Crippen LogP contribution in [-0.2, 0) is 6.42 Å². The summed E-state index contributed by atoms with van der Waals surface area (Å²) in [6, 6.07) is 18.6. The summed E-state index contributed by atoms with van der Waals surface area (Å²) in [7, 11) is 0. The SMILES string of the molecule is O=c1oc2ccccc2cc1O.OCCCc1ccccc1. The molecule has 0 aliphatic carbocycles. The maximum absolute atomic E-state index is 10.8. The molecule has 0 unspecified atom stereocenters. The molecule has 1 heterocycles. The van der Waals surface area contributed by atoms with Crippen molar-refractivity contribution < 1.29 is 14.6 Å². The molecular formula is C18H18O4. The average Bonchev–Trinajstić information content (AvgIpc) is 2.55. The largest absolute Gasteiger partial charge is 0.502 e. The molecule has 114 valence electrons. The van der Waals surface area contributed by atoms with E-state index in [2.05, 4.69) is 12.1 Å². The van der Waals surface area contributed by atoms with Gasteiger partial charge in [-0.1, -0.05) is 48.5 Å². The second kappa shape index (κ2) is 8.00. The highest BCUT2D eigenvalue weighted by atomic mass is 16.4. The Morgan fingerprint density at radius 1 is 0.955 bits per heavy atom. The van der Waals surface area contributed by atoms with E-state index in [1.165, 1.54) is 11.6 Å². The number of hydrogen-bond donors (Lipinski definition) is 2. The van der Waals surface area contributed by atoms with E-state index in [0.717, 1.165) is 18.2 Å². The van der Waals surface area contributed by atoms with Gasteiger partial charge in [-0.05, 0) is 30.5 Å². The molecule has 3 aromatic rings. The molecule has 2 aromatic carbocycles. The van der Waals surface area contributed by atoms with Crippen LogP contribution in [0.3, 0.4) is 0 Å². The monoisotopic (exact) mass is 298 g/mol. The predicted molar refractivity (Wildman–Crippen MR) is 86.0 cm³/mol. The molecular weight excluding hydrogens is 280 g/mol. The molecule has 0 amide bonds. The van der Waals surface area contributed by atoms with Gasteiger partial charge in [0.1, 0.15) is 5.58 Å². The highest BCUT2D eigenvalue weighted by Crippen LogP contribution is 2.14. The van der Waals surface area contributed by atoms with Crippen LogP contribution in [0.5, 0.6) is 5.75 Å². The predicted octanol–water partition coefficient (Wildman–Crippen LogP) is 3.11. The molecule has 0 saturated heterocycles. The zero-order valence-electron chi connectivity index (χ0n) is 12.1. The fourth-order valence-corrected chi connectivity index (χ4v) is 1.98. The third kappa shape index (κ3) is 4.46. The quantitative estimate of drug-likeness (QED) is 0.729. The second-order valence-corrected chi connectivity index (χ2v) is 4.77. The van der Waals surface area contributed by atoms with Crippen molar-refractivity contribution in [3.8, 4) is 5.75 Å². The first-order valence-corrected chi connectivity index (χ1v) is 7.07. The number of fused-ring (bicyclic) bond motifs is 1. The molecule has 3 rings (SSSR count). The fraction of sp³-hybridized carbons (Fsp3) is 0.167. The van der Waals surface area contributed by atoms with Crippen molar-refractivity contribution in [1.82, 2.24) is 0 Å². The van der Waals surface area contributed by atoms with Crippen molar-refractivity contribution in [2.75, 3.05) is 6.61 Å². The number of para-hydroxylation sites is 1. The molecule has 2 N–H and O–H groups in total. The smallest absolute Gasteiger partial charge is 0.378 e. The van der Waals surface area contributed by atoms with Crippen LogP contribution in [0.4, 0.5) is 0 Å². The van der Waals surface area contributed by atoms with Crippen molar-refractivity contribution in [2.45, 2.75) is 12.8 Å². The highest BCUT2D eigenvalue weighted by Gasteiger charge is 2.00. The van der Waals surface area contributed by atoms with Gasteiger partial charge in [0.2, 0.25) is 5.75 Å². The summed E-state index contributed by atoms with van der Waals surface area (Å²) >= 11 is 0. The third-order valence-corrected chi connectivity index (χ3v) is 3.09. The number of aromatic hydroxyl groups is 1. The summed E-state index contributed by atoms with van der Waals surface area (Å²) in [5.41, 5.74) is 1.09. The van der Waals surface area contributed by atoms with Gasteiger partial charge >= 0.3 is 5.63 Å². The Bertz CT molecular complexity index is 763. The Morgan fingerprint density at radius 2 is 1.64 bits per heavy atom. The molecule has 0 saturated carbocycles. The van der Waals surface area contributed by atoms with Crippen molar-refractivity contribution in [2.24, 2.45) is 0 Å². The van der Waals surface area contributed by atoms with E-state index in [-0.39, 0.29) is 12.4 Å². The molecule has 0 bridgehead atoms. The average molecular weight is 298 g/mol. The van der Waals surface area contributed by atoms with Gasteiger partial charge in [0.05, 0.1) is 0 Å². The number of aliphatic hydroxyl groups excluding tert-OH is 1. The lowest BCUT2D eigenvalue weighted by molar-refractivity contribution is 0.288. The van der Waals surface area contributed by atoms with Crippen LogP contribution >= 0.6 is 0 Å². The summed E-state index contributed by atoms with van der Waals surface area (Å²) in [5, 5.41) is 18.3. The van der Waals surface area contributed by atoms with E-state index in [4.69, 9.17) is 14.6 Å². The Balaban J connectivity index is 0.000000164. The molecule has 4 nitrogen and oxygen atoms in total. The molecule has 0 spiro atoms. The second-order valence-electron chi connectivity index (χ2n) is 4.77. The van der Waals surface area contributed by atoms with Crippen molar-refractivity contribution in [3.05, 3.63) is 76.6 Å². The minimum atomic E-state index is -0.700. The zero-order valence-corrected chi connectivity index (χ0v) is 12.1. The lowest BCUT2D eigenvalue weighted by atomic mass is 10.1. The van der Waals surface area contributed by atoms with E-state index in [0.29, 0.717) is 5.58 Å². The van der Waals surface area contributed by atoms with Gasteiger partial charge in [-0.15, -0.1) is 0 Å². The summed E-state index contributed by atoms with van der Waals surface area (Å²) < 4.78 is 4.79. The fourth-order valence-electron chi connectivity index (χ4n) is 1.98. The molecule has 0 aliphatic heterocycles. The number of benzene rings is 2. The minimum absolute atomic E-state index is 0.287. The standard InChI is InChI=1S/C9H6O3.C9H12O/c10-7-5-6-3-1-2-4-8(6)12-9(7)11;10-8-4-7-9-5-2-1-3-6-9/h1-5,10H;1-3,5-6,10H,4,7-8H2. The Kier molecular flexibility index (Phi) is 5.74. The van der Waals surface area contributed by atoms with Crippen molar-refractivity contribution in [1.29, 1.82) is 0 Å². The van der Waals surface area contributed by atoms with Crippen LogP contribution in [0.25, 0.3) is 11.0 Å². The van der Waals surface area contributed by atoms with Gasteiger partial charge in [-0.2, -0.15) is 0 Å². The van der Waals surface area contributed by atoms with Crippen LogP contribution in [0.15, 0.2) is 69.9 Å². The van der Waals surface area contributed by atoms with E-state index in [1.54, 1.807) is 18.2 Å². The third-order valence-electron chi connectivity index (χ3n) is 3.09. The van der Waals surface area contributed by atoms with E-state index in [9.17, 15) is 4.79 Å².